The van der Waals surface area contributed by atoms with E-state index in [1.165, 1.54) is 10.3 Å². The third-order valence-electron chi connectivity index (χ3n) is 5.53. The number of fused-ring (bicyclic) bond motifs is 2. The predicted octanol–water partition coefficient (Wildman–Crippen LogP) is 3.70. The zero-order valence-electron chi connectivity index (χ0n) is 14.4. The van der Waals surface area contributed by atoms with Gasteiger partial charge in [-0.25, -0.2) is 4.98 Å². The average Bonchev–Trinajstić information content (AvgIpc) is 3.14. The second-order valence-corrected chi connectivity index (χ2v) is 7.96. The van der Waals surface area contributed by atoms with E-state index in [1.54, 1.807) is 11.3 Å². The number of hydrogen-bond acceptors (Lipinski definition) is 5. The lowest BCUT2D eigenvalue weighted by Crippen LogP contribution is -2.58. The van der Waals surface area contributed by atoms with Gasteiger partial charge in [0.25, 0.3) is 0 Å². The van der Waals surface area contributed by atoms with Gasteiger partial charge in [-0.1, -0.05) is 24.3 Å². The van der Waals surface area contributed by atoms with Crippen molar-refractivity contribution in [2.75, 3.05) is 23.7 Å². The fourth-order valence-corrected chi connectivity index (χ4v) is 4.81. The van der Waals surface area contributed by atoms with Crippen LogP contribution in [0.3, 0.4) is 0 Å². The van der Waals surface area contributed by atoms with Crippen LogP contribution in [-0.4, -0.2) is 34.4 Å². The molecule has 5 rings (SSSR count). The van der Waals surface area contributed by atoms with E-state index in [9.17, 15) is 4.79 Å². The van der Waals surface area contributed by atoms with Gasteiger partial charge in [0.1, 0.15) is 5.54 Å². The van der Waals surface area contributed by atoms with Gasteiger partial charge in [0, 0.05) is 19.6 Å². The normalized spacial score (nSPS) is 19.2. The van der Waals surface area contributed by atoms with Crippen LogP contribution >= 0.6 is 11.3 Å². The maximum atomic E-state index is 12.7. The molecule has 2 N–H and O–H groups in total. The summed E-state index contributed by atoms with van der Waals surface area (Å²) in [5, 5.41) is 6.60. The summed E-state index contributed by atoms with van der Waals surface area (Å²) in [6.07, 6.45) is 1.62. The second-order valence-electron chi connectivity index (χ2n) is 7.10. The predicted molar refractivity (Wildman–Crippen MR) is 106 cm³/mol. The van der Waals surface area contributed by atoms with Gasteiger partial charge in [0.05, 0.1) is 27.1 Å². The smallest absolute Gasteiger partial charge is 0.250 e. The van der Waals surface area contributed by atoms with Gasteiger partial charge >= 0.3 is 0 Å². The molecule has 3 aromatic rings. The van der Waals surface area contributed by atoms with E-state index in [1.807, 2.05) is 29.8 Å². The Hall–Kier alpha value is -2.44. The Kier molecular flexibility index (Phi) is 3.69. The molecule has 3 heterocycles. The molecular formula is C20H20N4OS. The molecule has 0 saturated carbocycles. The maximum absolute atomic E-state index is 12.7. The molecule has 2 aliphatic heterocycles. The van der Waals surface area contributed by atoms with Crippen LogP contribution < -0.4 is 10.6 Å². The number of carbonyl (C=O) groups is 1. The first kappa shape index (κ1) is 15.8. The highest BCUT2D eigenvalue weighted by Gasteiger charge is 2.44. The lowest BCUT2D eigenvalue weighted by molar-refractivity contribution is -0.122. The second kappa shape index (κ2) is 6.07. The Morgan fingerprint density at radius 3 is 2.73 bits per heavy atom. The first-order valence-electron chi connectivity index (χ1n) is 8.96. The molecule has 1 saturated heterocycles. The highest BCUT2D eigenvalue weighted by molar-refractivity contribution is 7.16. The van der Waals surface area contributed by atoms with Gasteiger partial charge in [0.2, 0.25) is 5.91 Å². The first-order chi connectivity index (χ1) is 12.7. The SMILES string of the molecule is O=C1Nc2ccccc2NC12CCN(Cc1cccc3ncsc13)CC2. The third kappa shape index (κ3) is 2.57. The van der Waals surface area contributed by atoms with E-state index in [0.29, 0.717) is 0 Å². The van der Waals surface area contributed by atoms with E-state index in [2.05, 4.69) is 38.7 Å². The maximum Gasteiger partial charge on any atom is 0.250 e. The van der Waals surface area contributed by atoms with Crippen LogP contribution in [0.1, 0.15) is 18.4 Å². The number of piperidine rings is 1. The van der Waals surface area contributed by atoms with Crippen molar-refractivity contribution in [2.24, 2.45) is 0 Å². The van der Waals surface area contributed by atoms with Crippen molar-refractivity contribution >= 4 is 38.8 Å². The molecule has 132 valence electrons. The topological polar surface area (TPSA) is 57.3 Å². The number of para-hydroxylation sites is 2. The largest absolute Gasteiger partial charge is 0.369 e. The molecule has 1 aromatic heterocycles. The number of nitrogens with zero attached hydrogens (tertiary/aromatic N) is 2. The van der Waals surface area contributed by atoms with Crippen molar-refractivity contribution in [3.05, 3.63) is 53.5 Å². The molecule has 26 heavy (non-hydrogen) atoms. The molecule has 6 heteroatoms. The standard InChI is InChI=1S/C20H20N4OS/c25-19-20(23-16-6-2-1-5-15(16)22-19)8-10-24(11-9-20)12-14-4-3-7-17-18(14)26-13-21-17/h1-7,13,23H,8-12H2,(H,22,25). The molecule has 2 aliphatic rings. The van der Waals surface area contributed by atoms with Crippen LogP contribution in [0.4, 0.5) is 11.4 Å². The van der Waals surface area contributed by atoms with Gasteiger partial charge in [-0.3, -0.25) is 9.69 Å². The minimum absolute atomic E-state index is 0.0976. The number of likely N-dealkylation sites (tertiary alicyclic amines) is 1. The summed E-state index contributed by atoms with van der Waals surface area (Å²) in [7, 11) is 0. The summed E-state index contributed by atoms with van der Waals surface area (Å²) in [6.45, 7) is 2.71. The molecule has 5 nitrogen and oxygen atoms in total. The van der Waals surface area contributed by atoms with Crippen LogP contribution in [0.2, 0.25) is 0 Å². The minimum atomic E-state index is -0.485. The van der Waals surface area contributed by atoms with Crippen molar-refractivity contribution in [1.29, 1.82) is 0 Å². The van der Waals surface area contributed by atoms with E-state index in [0.717, 1.165) is 49.4 Å². The Balaban J connectivity index is 1.32. The summed E-state index contributed by atoms with van der Waals surface area (Å²) in [6, 6.07) is 14.3. The molecule has 1 amide bonds. The molecule has 1 fully saturated rings. The quantitative estimate of drug-likeness (QED) is 0.728. The Morgan fingerprint density at radius 2 is 1.88 bits per heavy atom. The third-order valence-corrected chi connectivity index (χ3v) is 6.44. The number of benzene rings is 2. The van der Waals surface area contributed by atoms with E-state index in [4.69, 9.17) is 0 Å². The van der Waals surface area contributed by atoms with Gasteiger partial charge < -0.3 is 10.6 Å². The molecule has 0 bridgehead atoms. The van der Waals surface area contributed by atoms with Crippen LogP contribution in [-0.2, 0) is 11.3 Å². The zero-order chi connectivity index (χ0) is 17.6. The number of anilines is 2. The summed E-state index contributed by atoms with van der Waals surface area (Å²) < 4.78 is 1.27. The highest BCUT2D eigenvalue weighted by Crippen LogP contribution is 2.36. The number of nitrogens with one attached hydrogen (secondary N) is 2. The van der Waals surface area contributed by atoms with Crippen LogP contribution in [0, 0.1) is 0 Å². The number of amides is 1. The Morgan fingerprint density at radius 1 is 1.08 bits per heavy atom. The summed E-state index contributed by atoms with van der Waals surface area (Å²) in [5.74, 6) is 0.0976. The number of rotatable bonds is 2. The molecule has 0 radical (unpaired) electrons. The van der Waals surface area contributed by atoms with Crippen molar-refractivity contribution in [1.82, 2.24) is 9.88 Å². The van der Waals surface area contributed by atoms with Gasteiger partial charge in [0.15, 0.2) is 0 Å². The summed E-state index contributed by atoms with van der Waals surface area (Å²) >= 11 is 1.70. The van der Waals surface area contributed by atoms with Crippen molar-refractivity contribution in [3.63, 3.8) is 0 Å². The Labute approximate surface area is 156 Å². The van der Waals surface area contributed by atoms with Gasteiger partial charge in [-0.15, -0.1) is 11.3 Å². The van der Waals surface area contributed by atoms with E-state index in [-0.39, 0.29) is 5.91 Å². The van der Waals surface area contributed by atoms with Crippen molar-refractivity contribution < 1.29 is 4.79 Å². The van der Waals surface area contributed by atoms with E-state index >= 15 is 0 Å². The molecule has 1 spiro atoms. The van der Waals surface area contributed by atoms with Crippen molar-refractivity contribution in [3.8, 4) is 0 Å². The van der Waals surface area contributed by atoms with Crippen LogP contribution in [0.5, 0.6) is 0 Å². The number of hydrogen-bond donors (Lipinski definition) is 2. The highest BCUT2D eigenvalue weighted by atomic mass is 32.1. The zero-order valence-corrected chi connectivity index (χ0v) is 15.2. The first-order valence-corrected chi connectivity index (χ1v) is 9.84. The fraction of sp³-hybridized carbons (Fsp3) is 0.300. The number of aromatic nitrogens is 1. The van der Waals surface area contributed by atoms with Gasteiger partial charge in [-0.2, -0.15) is 0 Å². The number of thiazole rings is 1. The lowest BCUT2D eigenvalue weighted by atomic mass is 9.84. The van der Waals surface area contributed by atoms with Crippen molar-refractivity contribution in [2.45, 2.75) is 24.9 Å². The molecular weight excluding hydrogens is 344 g/mol. The minimum Gasteiger partial charge on any atom is -0.369 e. The van der Waals surface area contributed by atoms with E-state index < -0.39 is 5.54 Å². The number of carbonyl (C=O) groups excluding carboxylic acids is 1. The van der Waals surface area contributed by atoms with Gasteiger partial charge in [-0.05, 0) is 36.6 Å². The summed E-state index contributed by atoms with van der Waals surface area (Å²) in [5.41, 5.74) is 5.73. The summed E-state index contributed by atoms with van der Waals surface area (Å²) in [4.78, 5) is 19.6. The van der Waals surface area contributed by atoms with Crippen LogP contribution in [0.25, 0.3) is 10.2 Å². The monoisotopic (exact) mass is 364 g/mol. The molecule has 2 aromatic carbocycles. The average molecular weight is 364 g/mol. The lowest BCUT2D eigenvalue weighted by Gasteiger charge is -2.44. The Bertz CT molecular complexity index is 975. The van der Waals surface area contributed by atoms with Crippen LogP contribution in [0.15, 0.2) is 48.0 Å². The fourth-order valence-electron chi connectivity index (χ4n) is 4.01. The molecule has 0 atom stereocenters. The molecule has 0 aliphatic carbocycles. The molecule has 0 unspecified atom stereocenters.